The molecule has 0 saturated carbocycles. The van der Waals surface area contributed by atoms with Crippen molar-refractivity contribution in [1.29, 1.82) is 0 Å². The Hall–Kier alpha value is -2.16. The normalized spacial score (nSPS) is 14.5. The molecule has 0 radical (unpaired) electrons. The van der Waals surface area contributed by atoms with E-state index in [1.807, 2.05) is 0 Å². The van der Waals surface area contributed by atoms with Crippen molar-refractivity contribution in [1.82, 2.24) is 4.90 Å². The third kappa shape index (κ3) is 6.18. The van der Waals surface area contributed by atoms with Crippen molar-refractivity contribution >= 4 is 33.3 Å². The second-order valence-corrected chi connectivity index (χ2v) is 9.93. The van der Waals surface area contributed by atoms with E-state index >= 15 is 0 Å². The van der Waals surface area contributed by atoms with Crippen LogP contribution in [0.15, 0.2) is 42.5 Å². The molecule has 0 bridgehead atoms. The van der Waals surface area contributed by atoms with Gasteiger partial charge in [-0.25, -0.2) is 17.6 Å². The minimum Gasteiger partial charge on any atom is -0.465 e. The highest BCUT2D eigenvalue weighted by Crippen LogP contribution is 2.27. The van der Waals surface area contributed by atoms with Crippen LogP contribution in [0.1, 0.15) is 35.2 Å². The van der Waals surface area contributed by atoms with Gasteiger partial charge in [0.2, 0.25) is 10.0 Å². The summed E-state index contributed by atoms with van der Waals surface area (Å²) >= 11 is 5.92. The van der Waals surface area contributed by atoms with Crippen LogP contribution in [-0.4, -0.2) is 51.8 Å². The van der Waals surface area contributed by atoms with Gasteiger partial charge in [0.25, 0.3) is 0 Å². The van der Waals surface area contributed by atoms with Crippen molar-refractivity contribution in [3.05, 3.63) is 64.4 Å². The van der Waals surface area contributed by atoms with Gasteiger partial charge < -0.3 is 9.64 Å². The molecular weight excluding hydrogens is 443 g/mol. The summed E-state index contributed by atoms with van der Waals surface area (Å²) < 4.78 is 46.1. The van der Waals surface area contributed by atoms with E-state index in [0.717, 1.165) is 38.5 Å². The summed E-state index contributed by atoms with van der Waals surface area (Å²) in [5.41, 5.74) is 1.34. The van der Waals surface area contributed by atoms with E-state index < -0.39 is 21.8 Å². The first-order valence-corrected chi connectivity index (χ1v) is 12.1. The number of methoxy groups -OCH3 is 1. The summed E-state index contributed by atoms with van der Waals surface area (Å²) in [5, 5.41) is -0.143. The second-order valence-electron chi connectivity index (χ2n) is 7.51. The fourth-order valence-corrected chi connectivity index (χ4v) is 5.28. The molecule has 9 heteroatoms. The van der Waals surface area contributed by atoms with Crippen molar-refractivity contribution < 1.29 is 22.3 Å². The summed E-state index contributed by atoms with van der Waals surface area (Å²) in [5.74, 6) is -1.11. The highest BCUT2D eigenvalue weighted by Gasteiger charge is 2.24. The lowest BCUT2D eigenvalue weighted by molar-refractivity contribution is 0.0600. The Morgan fingerprint density at radius 1 is 1.16 bits per heavy atom. The number of hydrogen-bond donors (Lipinski definition) is 0. The Morgan fingerprint density at radius 2 is 1.84 bits per heavy atom. The number of carbonyl (C=O) groups is 1. The van der Waals surface area contributed by atoms with Crippen LogP contribution in [0.4, 0.5) is 10.1 Å². The van der Waals surface area contributed by atoms with Crippen molar-refractivity contribution in [3.8, 4) is 0 Å². The lowest BCUT2D eigenvalue weighted by Crippen LogP contribution is -2.34. The molecule has 0 unspecified atom stereocenters. The molecule has 31 heavy (non-hydrogen) atoms. The molecule has 3 rings (SSSR count). The second kappa shape index (κ2) is 10.4. The fraction of sp³-hybridized carbons (Fsp3) is 0.409. The number of benzene rings is 2. The molecule has 168 valence electrons. The number of halogens is 2. The average molecular weight is 469 g/mol. The zero-order valence-corrected chi connectivity index (χ0v) is 19.0. The number of ether oxygens (including phenoxy) is 1. The van der Waals surface area contributed by atoms with Crippen molar-refractivity contribution in [2.75, 3.05) is 36.8 Å². The number of carbonyl (C=O) groups excluding carboxylic acids is 1. The predicted octanol–water partition coefficient (Wildman–Crippen LogP) is 4.09. The van der Waals surface area contributed by atoms with Gasteiger partial charge in [0.15, 0.2) is 0 Å². The van der Waals surface area contributed by atoms with Crippen LogP contribution in [0.3, 0.4) is 0 Å². The molecule has 0 amide bonds. The van der Waals surface area contributed by atoms with Crippen molar-refractivity contribution in [3.63, 3.8) is 0 Å². The predicted molar refractivity (Wildman–Crippen MR) is 119 cm³/mol. The van der Waals surface area contributed by atoms with Gasteiger partial charge in [0, 0.05) is 0 Å². The number of esters is 1. The van der Waals surface area contributed by atoms with Crippen molar-refractivity contribution in [2.45, 2.75) is 25.8 Å². The third-order valence-corrected chi connectivity index (χ3v) is 7.41. The molecule has 0 atom stereocenters. The van der Waals surface area contributed by atoms with E-state index in [1.165, 1.54) is 23.5 Å². The van der Waals surface area contributed by atoms with E-state index in [4.69, 9.17) is 16.3 Å². The minimum absolute atomic E-state index is 0.0290. The summed E-state index contributed by atoms with van der Waals surface area (Å²) in [6.45, 7) is 2.77. The molecule has 0 spiro atoms. The van der Waals surface area contributed by atoms with Crippen molar-refractivity contribution in [2.24, 2.45) is 0 Å². The van der Waals surface area contributed by atoms with Crippen LogP contribution >= 0.6 is 11.6 Å². The zero-order valence-electron chi connectivity index (χ0n) is 17.4. The largest absolute Gasteiger partial charge is 0.465 e. The molecule has 1 saturated heterocycles. The number of likely N-dealkylation sites (tertiary alicyclic amines) is 1. The van der Waals surface area contributed by atoms with E-state index in [2.05, 4.69) is 4.90 Å². The number of sulfonamides is 1. The molecule has 1 heterocycles. The third-order valence-electron chi connectivity index (χ3n) is 5.30. The standard InChI is InChI=1S/C22H26ClFN2O4S/c1-30-22(27)18-7-5-17(6-8-18)16-26(19-9-10-21(24)20(23)15-19)31(28,29)14-4-13-25-11-2-3-12-25/h5-10,15H,2-4,11-14,16H2,1H3. The van der Waals surface area contributed by atoms with Crippen LogP contribution in [0.5, 0.6) is 0 Å². The highest BCUT2D eigenvalue weighted by molar-refractivity contribution is 7.92. The molecule has 1 fully saturated rings. The number of rotatable bonds is 9. The average Bonchev–Trinajstić information content (AvgIpc) is 3.27. The van der Waals surface area contributed by atoms with Crippen LogP contribution < -0.4 is 4.31 Å². The molecule has 0 aliphatic carbocycles. The molecule has 2 aromatic rings. The van der Waals surface area contributed by atoms with E-state index in [9.17, 15) is 17.6 Å². The lowest BCUT2D eigenvalue weighted by Gasteiger charge is -2.25. The Morgan fingerprint density at radius 3 is 2.45 bits per heavy atom. The van der Waals surface area contributed by atoms with Gasteiger partial charge in [0.05, 0.1) is 35.7 Å². The van der Waals surface area contributed by atoms with Gasteiger partial charge in [-0.15, -0.1) is 0 Å². The van der Waals surface area contributed by atoms with Crippen LogP contribution in [0.2, 0.25) is 5.02 Å². The Balaban J connectivity index is 1.81. The monoisotopic (exact) mass is 468 g/mol. The van der Waals surface area contributed by atoms with E-state index in [0.29, 0.717) is 23.2 Å². The van der Waals surface area contributed by atoms with Gasteiger partial charge >= 0.3 is 5.97 Å². The fourth-order valence-electron chi connectivity index (χ4n) is 3.61. The SMILES string of the molecule is COC(=O)c1ccc(CN(c2ccc(F)c(Cl)c2)S(=O)(=O)CCCN2CCCC2)cc1. The molecule has 6 nitrogen and oxygen atoms in total. The maximum Gasteiger partial charge on any atom is 0.337 e. The molecular formula is C22H26ClFN2O4S. The number of anilines is 1. The first-order chi connectivity index (χ1) is 14.8. The minimum atomic E-state index is -3.69. The van der Waals surface area contributed by atoms with Gasteiger partial charge in [0.1, 0.15) is 5.82 Å². The molecule has 0 aromatic heterocycles. The van der Waals surface area contributed by atoms with Crippen LogP contribution in [0, 0.1) is 5.82 Å². The first-order valence-electron chi connectivity index (χ1n) is 10.2. The van der Waals surface area contributed by atoms with Gasteiger partial charge in [-0.3, -0.25) is 4.31 Å². The van der Waals surface area contributed by atoms with Crippen LogP contribution in [-0.2, 0) is 21.3 Å². The summed E-state index contributed by atoms with van der Waals surface area (Å²) in [4.78, 5) is 13.9. The van der Waals surface area contributed by atoms with E-state index in [1.54, 1.807) is 24.3 Å². The lowest BCUT2D eigenvalue weighted by atomic mass is 10.1. The smallest absolute Gasteiger partial charge is 0.337 e. The maximum absolute atomic E-state index is 13.7. The Bertz CT molecular complexity index is 1010. The first kappa shape index (κ1) is 23.5. The number of nitrogens with zero attached hydrogens (tertiary/aromatic N) is 2. The molecule has 1 aliphatic heterocycles. The van der Waals surface area contributed by atoms with E-state index in [-0.39, 0.29) is 17.3 Å². The highest BCUT2D eigenvalue weighted by atomic mass is 35.5. The maximum atomic E-state index is 13.7. The molecule has 2 aromatic carbocycles. The zero-order chi connectivity index (χ0) is 22.4. The molecule has 0 N–H and O–H groups in total. The Kier molecular flexibility index (Phi) is 7.91. The topological polar surface area (TPSA) is 66.9 Å². The quantitative estimate of drug-likeness (QED) is 0.518. The number of hydrogen-bond acceptors (Lipinski definition) is 5. The summed E-state index contributed by atoms with van der Waals surface area (Å²) in [6.07, 6.45) is 2.80. The van der Waals surface area contributed by atoms with Gasteiger partial charge in [-0.1, -0.05) is 23.7 Å². The van der Waals surface area contributed by atoms with Gasteiger partial charge in [-0.2, -0.15) is 0 Å². The molecule has 1 aliphatic rings. The van der Waals surface area contributed by atoms with Crippen LogP contribution in [0.25, 0.3) is 0 Å². The summed E-state index contributed by atoms with van der Waals surface area (Å²) in [6, 6.07) is 10.4. The summed E-state index contributed by atoms with van der Waals surface area (Å²) in [7, 11) is -2.40. The Labute approximate surface area is 187 Å². The van der Waals surface area contributed by atoms with Gasteiger partial charge in [-0.05, 0) is 74.8 Å².